The summed E-state index contributed by atoms with van der Waals surface area (Å²) in [4.78, 5) is 42.1. The van der Waals surface area contributed by atoms with Crippen molar-refractivity contribution >= 4 is 23.7 Å². The topological polar surface area (TPSA) is 112 Å². The molecule has 0 saturated heterocycles. The lowest BCUT2D eigenvalue weighted by molar-refractivity contribution is 0.00501. The van der Waals surface area contributed by atoms with E-state index in [-0.39, 0.29) is 17.9 Å². The SMILES string of the molecule is CCc1c(/C=C2\N=C3C(=C2C)CCC3c2[nH]c(C(=O)OC(C)(C)C)c(C)c2CC)[nH]c(Cc2[nH]c(C(=O)OC(C)(C)C)c(C)c2CC)c1C. The van der Waals surface area contributed by atoms with Gasteiger partial charge in [-0.05, 0) is 152 Å². The van der Waals surface area contributed by atoms with Crippen molar-refractivity contribution in [1.82, 2.24) is 15.0 Å². The summed E-state index contributed by atoms with van der Waals surface area (Å²) in [6, 6.07) is 0. The van der Waals surface area contributed by atoms with Crippen LogP contribution in [0.5, 0.6) is 0 Å². The van der Waals surface area contributed by atoms with Crippen LogP contribution in [0.25, 0.3) is 6.08 Å². The number of hydrogen-bond donors (Lipinski definition) is 3. The Hall–Kier alpha value is -4.07. The molecule has 0 radical (unpaired) electrons. The number of ether oxygens (including phenoxy) is 2. The average molecular weight is 669 g/mol. The van der Waals surface area contributed by atoms with E-state index in [9.17, 15) is 9.59 Å². The van der Waals surface area contributed by atoms with Gasteiger partial charge >= 0.3 is 11.9 Å². The quantitative estimate of drug-likeness (QED) is 0.197. The number of nitrogens with zero attached hydrogens (tertiary/aromatic N) is 1. The van der Waals surface area contributed by atoms with Crippen molar-refractivity contribution in [2.45, 2.75) is 146 Å². The van der Waals surface area contributed by atoms with E-state index in [1.807, 2.05) is 55.4 Å². The molecule has 4 heterocycles. The Balaban J connectivity index is 1.48. The van der Waals surface area contributed by atoms with Crippen LogP contribution >= 0.6 is 0 Å². The molecule has 1 saturated carbocycles. The monoisotopic (exact) mass is 668 g/mol. The van der Waals surface area contributed by atoms with Crippen LogP contribution in [0.3, 0.4) is 0 Å². The van der Waals surface area contributed by atoms with Crippen LogP contribution in [-0.4, -0.2) is 43.8 Å². The molecule has 1 aliphatic carbocycles. The van der Waals surface area contributed by atoms with E-state index in [1.54, 1.807) is 0 Å². The molecule has 1 atom stereocenters. The number of rotatable bonds is 9. The number of esters is 2. The molecule has 2 aliphatic rings. The molecule has 0 amide bonds. The molecule has 49 heavy (non-hydrogen) atoms. The van der Waals surface area contributed by atoms with E-state index >= 15 is 0 Å². The van der Waals surface area contributed by atoms with Crippen LogP contribution in [0.1, 0.15) is 165 Å². The van der Waals surface area contributed by atoms with Gasteiger partial charge in [0, 0.05) is 35.1 Å². The summed E-state index contributed by atoms with van der Waals surface area (Å²) in [5.41, 5.74) is 15.7. The fourth-order valence-electron chi connectivity index (χ4n) is 7.67. The number of carbonyl (C=O) groups is 2. The second-order valence-electron chi connectivity index (χ2n) is 15.7. The van der Waals surface area contributed by atoms with Gasteiger partial charge in [0.25, 0.3) is 0 Å². The first-order chi connectivity index (χ1) is 22.9. The molecule has 3 aromatic heterocycles. The fourth-order valence-corrected chi connectivity index (χ4v) is 7.67. The summed E-state index contributed by atoms with van der Waals surface area (Å²) in [5.74, 6) is -0.519. The minimum absolute atomic E-state index is 0.107. The highest BCUT2D eigenvalue weighted by Gasteiger charge is 2.38. The Bertz CT molecular complexity index is 1890. The molecule has 0 aromatic carbocycles. The Labute approximate surface area is 292 Å². The van der Waals surface area contributed by atoms with Crippen molar-refractivity contribution in [1.29, 1.82) is 0 Å². The molecule has 1 aliphatic heterocycles. The first-order valence-corrected chi connectivity index (χ1v) is 18.0. The van der Waals surface area contributed by atoms with Crippen LogP contribution in [0.15, 0.2) is 21.8 Å². The fraction of sp³-hybridized carbons (Fsp3) is 0.537. The van der Waals surface area contributed by atoms with Crippen LogP contribution in [-0.2, 0) is 35.2 Å². The Morgan fingerprint density at radius 3 is 1.86 bits per heavy atom. The first kappa shape index (κ1) is 36.2. The van der Waals surface area contributed by atoms with Gasteiger partial charge in [-0.2, -0.15) is 0 Å². The lowest BCUT2D eigenvalue weighted by atomic mass is 9.95. The third kappa shape index (κ3) is 7.01. The summed E-state index contributed by atoms with van der Waals surface area (Å²) in [6.45, 7) is 26.2. The highest BCUT2D eigenvalue weighted by atomic mass is 16.6. The van der Waals surface area contributed by atoms with Gasteiger partial charge in [0.2, 0.25) is 0 Å². The maximum Gasteiger partial charge on any atom is 0.355 e. The number of nitrogens with one attached hydrogen (secondary N) is 3. The lowest BCUT2D eigenvalue weighted by Gasteiger charge is -2.19. The van der Waals surface area contributed by atoms with E-state index < -0.39 is 11.2 Å². The van der Waals surface area contributed by atoms with Gasteiger partial charge in [-0.1, -0.05) is 20.8 Å². The molecule has 3 aromatic rings. The van der Waals surface area contributed by atoms with Crippen molar-refractivity contribution in [2.75, 3.05) is 0 Å². The molecule has 0 bridgehead atoms. The standard InChI is InChI=1S/C41H56N4O4/c1-14-25-21(4)30(19-33-26(15-2)23(6)34(44-33)38(46)48-40(8,9)10)42-32(25)20-31-22(5)28-17-18-29(37(28)43-31)36-27(16-3)24(7)35(45-36)39(47)49-41(11,12)13/h20,29,42,44-45H,14-19H2,1-13H3/b31-20-. The number of carbonyl (C=O) groups excluding carboxylic acids is 2. The molecule has 264 valence electrons. The number of allylic oxidation sites excluding steroid dienone is 2. The Morgan fingerprint density at radius 2 is 1.31 bits per heavy atom. The summed E-state index contributed by atoms with van der Waals surface area (Å²) in [5, 5.41) is 0. The number of aromatic amines is 3. The van der Waals surface area contributed by atoms with E-state index in [0.29, 0.717) is 17.8 Å². The normalized spacial score (nSPS) is 17.3. The van der Waals surface area contributed by atoms with Gasteiger partial charge in [0.05, 0.1) is 11.4 Å². The molecule has 1 unspecified atom stereocenters. The van der Waals surface area contributed by atoms with Crippen LogP contribution < -0.4 is 0 Å². The van der Waals surface area contributed by atoms with Crippen molar-refractivity contribution in [3.63, 3.8) is 0 Å². The first-order valence-electron chi connectivity index (χ1n) is 18.0. The average Bonchev–Trinajstić information content (AvgIpc) is 3.77. The molecule has 5 rings (SSSR count). The number of aromatic nitrogens is 3. The van der Waals surface area contributed by atoms with Crippen LogP contribution in [0.4, 0.5) is 0 Å². The van der Waals surface area contributed by atoms with Gasteiger partial charge in [0.1, 0.15) is 22.6 Å². The van der Waals surface area contributed by atoms with E-state index in [4.69, 9.17) is 14.5 Å². The van der Waals surface area contributed by atoms with Gasteiger partial charge in [-0.15, -0.1) is 0 Å². The predicted molar refractivity (Wildman–Crippen MR) is 198 cm³/mol. The zero-order valence-electron chi connectivity index (χ0n) is 32.0. The maximum absolute atomic E-state index is 13.1. The third-order valence-electron chi connectivity index (χ3n) is 10.0. The van der Waals surface area contributed by atoms with Crippen LogP contribution in [0, 0.1) is 20.8 Å². The number of aliphatic imine (C=N–C) groups is 1. The van der Waals surface area contributed by atoms with Crippen molar-refractivity contribution < 1.29 is 19.1 Å². The van der Waals surface area contributed by atoms with E-state index in [1.165, 1.54) is 27.8 Å². The van der Waals surface area contributed by atoms with Crippen molar-refractivity contribution in [2.24, 2.45) is 4.99 Å². The summed E-state index contributed by atoms with van der Waals surface area (Å²) >= 11 is 0. The predicted octanol–water partition coefficient (Wildman–Crippen LogP) is 9.47. The zero-order chi connectivity index (χ0) is 36.2. The highest BCUT2D eigenvalue weighted by Crippen LogP contribution is 2.45. The lowest BCUT2D eigenvalue weighted by Crippen LogP contribution is -2.24. The molecular formula is C41H56N4O4. The number of hydrogen-bond acceptors (Lipinski definition) is 5. The van der Waals surface area contributed by atoms with E-state index in [0.717, 1.165) is 83.0 Å². The Morgan fingerprint density at radius 1 is 0.755 bits per heavy atom. The van der Waals surface area contributed by atoms with Gasteiger partial charge in [-0.3, -0.25) is 4.99 Å². The van der Waals surface area contributed by atoms with Gasteiger partial charge in [-0.25, -0.2) is 9.59 Å². The molecule has 8 heteroatoms. The second-order valence-corrected chi connectivity index (χ2v) is 15.7. The highest BCUT2D eigenvalue weighted by molar-refractivity contribution is 6.11. The number of fused-ring (bicyclic) bond motifs is 1. The van der Waals surface area contributed by atoms with Crippen molar-refractivity contribution in [3.05, 3.63) is 84.4 Å². The number of H-pyrrole nitrogens is 3. The molecule has 0 spiro atoms. The molecular weight excluding hydrogens is 612 g/mol. The minimum Gasteiger partial charge on any atom is -0.455 e. The van der Waals surface area contributed by atoms with Gasteiger partial charge in [0.15, 0.2) is 0 Å². The largest absolute Gasteiger partial charge is 0.455 e. The second kappa shape index (κ2) is 13.3. The molecule has 3 N–H and O–H groups in total. The summed E-state index contributed by atoms with van der Waals surface area (Å²) in [7, 11) is 0. The summed E-state index contributed by atoms with van der Waals surface area (Å²) < 4.78 is 11.4. The van der Waals surface area contributed by atoms with E-state index in [2.05, 4.69) is 55.6 Å². The molecule has 8 nitrogen and oxygen atoms in total. The third-order valence-corrected chi connectivity index (χ3v) is 10.0. The molecule has 1 fully saturated rings. The van der Waals surface area contributed by atoms with Crippen LogP contribution in [0.2, 0.25) is 0 Å². The van der Waals surface area contributed by atoms with Gasteiger partial charge < -0.3 is 24.4 Å². The Kier molecular flexibility index (Phi) is 9.85. The smallest absolute Gasteiger partial charge is 0.355 e. The van der Waals surface area contributed by atoms with Crippen molar-refractivity contribution in [3.8, 4) is 0 Å². The summed E-state index contributed by atoms with van der Waals surface area (Å²) in [6.07, 6.45) is 7.33. The maximum atomic E-state index is 13.1. The minimum atomic E-state index is -0.564. The zero-order valence-corrected chi connectivity index (χ0v) is 32.0.